The van der Waals surface area contributed by atoms with Gasteiger partial charge in [0.25, 0.3) is 0 Å². The number of hydrogen-bond donors (Lipinski definition) is 0. The molecule has 2 heterocycles. The van der Waals surface area contributed by atoms with Crippen LogP contribution in [0.25, 0.3) is 87.7 Å². The number of hydrogen-bond acceptors (Lipinski definition) is 3. The second kappa shape index (κ2) is 11.7. The molecular formula is C50H31NO2. The third kappa shape index (κ3) is 4.68. The molecule has 0 saturated carbocycles. The molecule has 11 rings (SSSR count). The quantitative estimate of drug-likeness (QED) is 0.182. The maximum Gasteiger partial charge on any atom is 0.143 e. The first-order valence-corrected chi connectivity index (χ1v) is 18.0. The highest BCUT2D eigenvalue weighted by molar-refractivity contribution is 6.20. The Balaban J connectivity index is 1.18. The molecule has 0 amide bonds. The van der Waals surface area contributed by atoms with Gasteiger partial charge in [0, 0.05) is 32.8 Å². The number of benzene rings is 9. The zero-order valence-electron chi connectivity index (χ0n) is 28.7. The van der Waals surface area contributed by atoms with Crippen molar-refractivity contribution in [3.05, 3.63) is 188 Å². The Morgan fingerprint density at radius 3 is 1.89 bits per heavy atom. The topological polar surface area (TPSA) is 29.5 Å². The smallest absolute Gasteiger partial charge is 0.143 e. The normalized spacial score (nSPS) is 11.8. The first-order valence-electron chi connectivity index (χ1n) is 18.0. The summed E-state index contributed by atoms with van der Waals surface area (Å²) < 4.78 is 13.1. The zero-order valence-corrected chi connectivity index (χ0v) is 28.7. The van der Waals surface area contributed by atoms with Gasteiger partial charge >= 0.3 is 0 Å². The van der Waals surface area contributed by atoms with Crippen molar-refractivity contribution in [2.24, 2.45) is 0 Å². The van der Waals surface area contributed by atoms with Crippen molar-refractivity contribution in [1.82, 2.24) is 0 Å². The molecule has 0 bridgehead atoms. The van der Waals surface area contributed by atoms with Crippen LogP contribution in [0, 0.1) is 0 Å². The van der Waals surface area contributed by atoms with E-state index < -0.39 is 0 Å². The fourth-order valence-corrected chi connectivity index (χ4v) is 8.23. The molecule has 0 saturated heterocycles. The van der Waals surface area contributed by atoms with Crippen molar-refractivity contribution >= 4 is 82.5 Å². The van der Waals surface area contributed by atoms with Gasteiger partial charge in [-0.2, -0.15) is 0 Å². The fourth-order valence-electron chi connectivity index (χ4n) is 8.23. The second-order valence-electron chi connectivity index (χ2n) is 13.7. The molecule has 0 radical (unpaired) electrons. The molecule has 0 aliphatic carbocycles. The molecule has 11 aromatic rings. The molecule has 0 unspecified atom stereocenters. The lowest BCUT2D eigenvalue weighted by molar-refractivity contribution is 0.669. The van der Waals surface area contributed by atoms with Gasteiger partial charge in [-0.15, -0.1) is 0 Å². The van der Waals surface area contributed by atoms with Crippen molar-refractivity contribution in [3.63, 3.8) is 0 Å². The van der Waals surface area contributed by atoms with E-state index in [1.807, 2.05) is 12.1 Å². The maximum absolute atomic E-state index is 6.72. The highest BCUT2D eigenvalue weighted by Crippen LogP contribution is 2.48. The van der Waals surface area contributed by atoms with Crippen molar-refractivity contribution in [2.75, 3.05) is 4.90 Å². The summed E-state index contributed by atoms with van der Waals surface area (Å²) in [6.07, 6.45) is 0. The number of nitrogens with zero attached hydrogens (tertiary/aromatic N) is 1. The number of furan rings is 2. The number of fused-ring (bicyclic) bond motifs is 9. The van der Waals surface area contributed by atoms with E-state index in [1.54, 1.807) is 0 Å². The molecule has 3 heteroatoms. The van der Waals surface area contributed by atoms with Crippen LogP contribution in [0.1, 0.15) is 0 Å². The van der Waals surface area contributed by atoms with E-state index in [0.717, 1.165) is 88.4 Å². The minimum atomic E-state index is 0.852. The second-order valence-corrected chi connectivity index (χ2v) is 13.7. The van der Waals surface area contributed by atoms with Gasteiger partial charge in [0.05, 0.1) is 16.8 Å². The average Bonchev–Trinajstić information content (AvgIpc) is 3.80. The maximum atomic E-state index is 6.72. The lowest BCUT2D eigenvalue weighted by Crippen LogP contribution is -2.11. The van der Waals surface area contributed by atoms with Crippen molar-refractivity contribution in [1.29, 1.82) is 0 Å². The van der Waals surface area contributed by atoms with E-state index in [2.05, 4.69) is 181 Å². The molecular weight excluding hydrogens is 647 g/mol. The van der Waals surface area contributed by atoms with Crippen LogP contribution in [-0.4, -0.2) is 0 Å². The Labute approximate surface area is 305 Å². The van der Waals surface area contributed by atoms with Gasteiger partial charge in [-0.25, -0.2) is 0 Å². The van der Waals surface area contributed by atoms with Gasteiger partial charge < -0.3 is 13.7 Å². The summed E-state index contributed by atoms with van der Waals surface area (Å²) in [5.74, 6) is 0. The van der Waals surface area contributed by atoms with Gasteiger partial charge in [-0.3, -0.25) is 0 Å². The largest absolute Gasteiger partial charge is 0.456 e. The van der Waals surface area contributed by atoms with Crippen LogP contribution >= 0.6 is 0 Å². The Morgan fingerprint density at radius 1 is 0.340 bits per heavy atom. The van der Waals surface area contributed by atoms with Gasteiger partial charge in [0.1, 0.15) is 22.3 Å². The van der Waals surface area contributed by atoms with E-state index >= 15 is 0 Å². The van der Waals surface area contributed by atoms with Gasteiger partial charge in [0.2, 0.25) is 0 Å². The third-order valence-electron chi connectivity index (χ3n) is 10.6. The summed E-state index contributed by atoms with van der Waals surface area (Å²) in [7, 11) is 0. The first kappa shape index (κ1) is 29.6. The number of para-hydroxylation sites is 2. The SMILES string of the molecule is c1cc(-c2cccc3ccccc23)cc(N(c2ccccc2-c2ccc3c(c2)oc2ccccc23)c2cccc3oc4c5ccccc5ccc4c23)c1. The lowest BCUT2D eigenvalue weighted by Gasteiger charge is -2.29. The molecule has 0 atom stereocenters. The standard InChI is InChI=1S/C50H31NO2/c1-3-17-37-32(12-1)14-10-21-38(37)34-15-9-16-36(30-34)51(45-23-11-25-47-49(45)43-29-26-33-13-2-4-19-40(33)50(43)53-47)44-22-7-5-18-39(44)35-27-28-42-41-20-6-8-24-46(41)52-48(42)31-35/h1-31H. The molecule has 0 N–H and O–H groups in total. The average molecular weight is 678 g/mol. The van der Waals surface area contributed by atoms with E-state index in [-0.39, 0.29) is 0 Å². The van der Waals surface area contributed by atoms with E-state index in [4.69, 9.17) is 8.83 Å². The lowest BCUT2D eigenvalue weighted by atomic mass is 9.96. The van der Waals surface area contributed by atoms with Crippen LogP contribution in [0.3, 0.4) is 0 Å². The van der Waals surface area contributed by atoms with Crippen molar-refractivity contribution in [3.8, 4) is 22.3 Å². The van der Waals surface area contributed by atoms with E-state index in [9.17, 15) is 0 Å². The summed E-state index contributed by atoms with van der Waals surface area (Å²) in [6.45, 7) is 0. The predicted octanol–water partition coefficient (Wildman–Crippen LogP) is 14.6. The van der Waals surface area contributed by atoms with Crippen LogP contribution < -0.4 is 4.90 Å². The summed E-state index contributed by atoms with van der Waals surface area (Å²) >= 11 is 0. The summed E-state index contributed by atoms with van der Waals surface area (Å²) in [6, 6.07) is 66.8. The highest BCUT2D eigenvalue weighted by atomic mass is 16.3. The molecule has 248 valence electrons. The molecule has 2 aromatic heterocycles. The Hall–Kier alpha value is -7.10. The van der Waals surface area contributed by atoms with Crippen LogP contribution in [0.15, 0.2) is 197 Å². The minimum absolute atomic E-state index is 0.852. The number of rotatable bonds is 5. The molecule has 0 fully saturated rings. The van der Waals surface area contributed by atoms with Crippen molar-refractivity contribution in [2.45, 2.75) is 0 Å². The Morgan fingerprint density at radius 2 is 0.962 bits per heavy atom. The molecule has 0 aliphatic rings. The molecule has 3 nitrogen and oxygen atoms in total. The van der Waals surface area contributed by atoms with E-state index in [0.29, 0.717) is 0 Å². The van der Waals surface area contributed by atoms with Gasteiger partial charge in [0.15, 0.2) is 0 Å². The van der Waals surface area contributed by atoms with Crippen LogP contribution in [0.5, 0.6) is 0 Å². The first-order chi connectivity index (χ1) is 26.3. The van der Waals surface area contributed by atoms with Gasteiger partial charge in [-0.1, -0.05) is 133 Å². The molecule has 53 heavy (non-hydrogen) atoms. The molecule has 0 aliphatic heterocycles. The van der Waals surface area contributed by atoms with E-state index in [1.165, 1.54) is 16.3 Å². The van der Waals surface area contributed by atoms with Crippen LogP contribution in [0.2, 0.25) is 0 Å². The summed E-state index contributed by atoms with van der Waals surface area (Å²) in [4.78, 5) is 2.40. The molecule has 9 aromatic carbocycles. The Kier molecular flexibility index (Phi) is 6.55. The highest BCUT2D eigenvalue weighted by Gasteiger charge is 2.23. The monoisotopic (exact) mass is 677 g/mol. The predicted molar refractivity (Wildman–Crippen MR) is 222 cm³/mol. The summed E-state index contributed by atoms with van der Waals surface area (Å²) in [5, 5.41) is 9.12. The Bertz CT molecular complexity index is 3200. The minimum Gasteiger partial charge on any atom is -0.456 e. The van der Waals surface area contributed by atoms with Crippen molar-refractivity contribution < 1.29 is 8.83 Å². The summed E-state index contributed by atoms with van der Waals surface area (Å²) in [5.41, 5.74) is 11.2. The third-order valence-corrected chi connectivity index (χ3v) is 10.6. The zero-order chi connectivity index (χ0) is 34.9. The fraction of sp³-hybridized carbons (Fsp3) is 0. The van der Waals surface area contributed by atoms with Crippen LogP contribution in [-0.2, 0) is 0 Å². The number of anilines is 3. The van der Waals surface area contributed by atoms with Gasteiger partial charge in [-0.05, 0) is 87.4 Å². The molecule has 0 spiro atoms. The van der Waals surface area contributed by atoms with Crippen LogP contribution in [0.4, 0.5) is 17.1 Å².